The van der Waals surface area contributed by atoms with Gasteiger partial charge in [0.05, 0.1) is 18.1 Å². The number of phenols is 1. The van der Waals surface area contributed by atoms with Crippen molar-refractivity contribution in [3.05, 3.63) is 23.5 Å². The molecular formula is C12H14N2O3. The predicted octanol–water partition coefficient (Wildman–Crippen LogP) is 2.18. The minimum atomic E-state index is -0.571. The summed E-state index contributed by atoms with van der Waals surface area (Å²) >= 11 is 0. The molecule has 0 fully saturated rings. The van der Waals surface area contributed by atoms with Gasteiger partial charge in [-0.1, -0.05) is 13.8 Å². The second-order valence-corrected chi connectivity index (χ2v) is 4.15. The fraction of sp³-hybridized carbons (Fsp3) is 0.333. The van der Waals surface area contributed by atoms with Gasteiger partial charge in [0, 0.05) is 12.0 Å². The number of aromatic amines is 1. The molecule has 0 atom stereocenters. The van der Waals surface area contributed by atoms with Gasteiger partial charge >= 0.3 is 5.97 Å². The topological polar surface area (TPSA) is 75.2 Å². The minimum Gasteiger partial charge on any atom is -0.507 e. The Morgan fingerprint density at radius 3 is 2.76 bits per heavy atom. The molecular weight excluding hydrogens is 220 g/mol. The number of rotatable bonds is 2. The van der Waals surface area contributed by atoms with Gasteiger partial charge in [0.2, 0.25) is 0 Å². The molecule has 5 nitrogen and oxygen atoms in total. The molecule has 0 aliphatic heterocycles. The molecule has 0 saturated carbocycles. The SMILES string of the molecule is COC(=O)c1cc2nc(C(C)C)[nH]c2cc1O. The van der Waals surface area contributed by atoms with Gasteiger partial charge in [-0.05, 0) is 6.07 Å². The highest BCUT2D eigenvalue weighted by molar-refractivity contribution is 5.96. The molecule has 0 spiro atoms. The van der Waals surface area contributed by atoms with E-state index in [0.717, 1.165) is 5.82 Å². The monoisotopic (exact) mass is 234 g/mol. The summed E-state index contributed by atoms with van der Waals surface area (Å²) in [5.74, 6) is 0.398. The third-order valence-corrected chi connectivity index (χ3v) is 2.57. The van der Waals surface area contributed by atoms with Gasteiger partial charge in [-0.25, -0.2) is 9.78 Å². The van der Waals surface area contributed by atoms with Crippen LogP contribution in [0.1, 0.15) is 35.9 Å². The quantitative estimate of drug-likeness (QED) is 0.781. The van der Waals surface area contributed by atoms with Crippen LogP contribution in [0.5, 0.6) is 5.75 Å². The number of aromatic nitrogens is 2. The van der Waals surface area contributed by atoms with Crippen LogP contribution in [0.4, 0.5) is 0 Å². The summed E-state index contributed by atoms with van der Waals surface area (Å²) in [5, 5.41) is 9.71. The number of nitrogens with zero attached hydrogens (tertiary/aromatic N) is 1. The van der Waals surface area contributed by atoms with Crippen molar-refractivity contribution in [2.24, 2.45) is 0 Å². The first-order chi connectivity index (χ1) is 8.02. The normalized spacial score (nSPS) is 11.1. The zero-order valence-corrected chi connectivity index (χ0v) is 9.94. The summed E-state index contributed by atoms with van der Waals surface area (Å²) in [5.41, 5.74) is 1.48. The van der Waals surface area contributed by atoms with Gasteiger partial charge in [0.15, 0.2) is 0 Å². The lowest BCUT2D eigenvalue weighted by Gasteiger charge is -2.01. The van der Waals surface area contributed by atoms with Crippen molar-refractivity contribution in [3.8, 4) is 5.75 Å². The number of fused-ring (bicyclic) bond motifs is 1. The number of hydrogen-bond acceptors (Lipinski definition) is 4. The largest absolute Gasteiger partial charge is 0.507 e. The first-order valence-electron chi connectivity index (χ1n) is 5.34. The number of carbonyl (C=O) groups is 1. The molecule has 2 rings (SSSR count). The standard InChI is InChI=1S/C12H14N2O3/c1-6(2)11-13-8-4-7(12(16)17-3)10(15)5-9(8)14-11/h4-6,15H,1-3H3,(H,13,14). The molecule has 2 aromatic rings. The average molecular weight is 234 g/mol. The number of esters is 1. The summed E-state index contributed by atoms with van der Waals surface area (Å²) in [6.07, 6.45) is 0. The van der Waals surface area contributed by atoms with E-state index < -0.39 is 5.97 Å². The molecule has 0 bridgehead atoms. The number of nitrogens with one attached hydrogen (secondary N) is 1. The number of aromatic hydroxyl groups is 1. The number of hydrogen-bond donors (Lipinski definition) is 2. The number of imidazole rings is 1. The number of methoxy groups -OCH3 is 1. The maximum Gasteiger partial charge on any atom is 0.341 e. The van der Waals surface area contributed by atoms with E-state index in [9.17, 15) is 9.90 Å². The third-order valence-electron chi connectivity index (χ3n) is 2.57. The van der Waals surface area contributed by atoms with E-state index in [1.165, 1.54) is 19.2 Å². The summed E-state index contributed by atoms with van der Waals surface area (Å²) < 4.78 is 4.58. The molecule has 1 aromatic carbocycles. The van der Waals surface area contributed by atoms with Gasteiger partial charge < -0.3 is 14.8 Å². The van der Waals surface area contributed by atoms with Gasteiger partial charge in [-0.15, -0.1) is 0 Å². The van der Waals surface area contributed by atoms with E-state index in [1.807, 2.05) is 13.8 Å². The summed E-state index contributed by atoms with van der Waals surface area (Å²) in [6, 6.07) is 3.01. The molecule has 0 aliphatic carbocycles. The molecule has 0 amide bonds. The molecule has 0 radical (unpaired) electrons. The Morgan fingerprint density at radius 1 is 1.47 bits per heavy atom. The third kappa shape index (κ3) is 1.95. The van der Waals surface area contributed by atoms with E-state index in [0.29, 0.717) is 11.0 Å². The first kappa shape index (κ1) is 11.4. The van der Waals surface area contributed by atoms with Crippen molar-refractivity contribution in [3.63, 3.8) is 0 Å². The summed E-state index contributed by atoms with van der Waals surface area (Å²) in [7, 11) is 1.27. The zero-order valence-electron chi connectivity index (χ0n) is 9.94. The van der Waals surface area contributed by atoms with Crippen LogP contribution in [-0.4, -0.2) is 28.2 Å². The van der Waals surface area contributed by atoms with Crippen molar-refractivity contribution in [1.29, 1.82) is 0 Å². The predicted molar refractivity (Wildman–Crippen MR) is 63.2 cm³/mol. The molecule has 2 N–H and O–H groups in total. The van der Waals surface area contributed by atoms with Crippen LogP contribution in [0.2, 0.25) is 0 Å². The second-order valence-electron chi connectivity index (χ2n) is 4.15. The first-order valence-corrected chi connectivity index (χ1v) is 5.34. The highest BCUT2D eigenvalue weighted by Crippen LogP contribution is 2.25. The molecule has 0 saturated heterocycles. The number of H-pyrrole nitrogens is 1. The van der Waals surface area contributed by atoms with E-state index in [-0.39, 0.29) is 17.2 Å². The van der Waals surface area contributed by atoms with Gasteiger partial charge in [-0.2, -0.15) is 0 Å². The lowest BCUT2D eigenvalue weighted by atomic mass is 10.2. The van der Waals surface area contributed by atoms with Crippen molar-refractivity contribution in [1.82, 2.24) is 9.97 Å². The number of benzene rings is 1. The van der Waals surface area contributed by atoms with Crippen LogP contribution in [0.15, 0.2) is 12.1 Å². The minimum absolute atomic E-state index is 0.108. The Hall–Kier alpha value is -2.04. The van der Waals surface area contributed by atoms with Crippen LogP contribution >= 0.6 is 0 Å². The van der Waals surface area contributed by atoms with Crippen molar-refractivity contribution in [2.45, 2.75) is 19.8 Å². The second kappa shape index (κ2) is 4.08. The average Bonchev–Trinajstić information content (AvgIpc) is 2.69. The van der Waals surface area contributed by atoms with Crippen molar-refractivity contribution < 1.29 is 14.6 Å². The van der Waals surface area contributed by atoms with Gasteiger partial charge in [0.25, 0.3) is 0 Å². The molecule has 1 aromatic heterocycles. The molecule has 5 heteroatoms. The van der Waals surface area contributed by atoms with E-state index in [1.54, 1.807) is 0 Å². The highest BCUT2D eigenvalue weighted by Gasteiger charge is 2.15. The van der Waals surface area contributed by atoms with Crippen LogP contribution in [0, 0.1) is 0 Å². The number of ether oxygens (including phenoxy) is 1. The summed E-state index contributed by atoms with van der Waals surface area (Å²) in [6.45, 7) is 4.03. The summed E-state index contributed by atoms with van der Waals surface area (Å²) in [4.78, 5) is 18.9. The smallest absolute Gasteiger partial charge is 0.341 e. The van der Waals surface area contributed by atoms with Crippen LogP contribution in [0.3, 0.4) is 0 Å². The highest BCUT2D eigenvalue weighted by atomic mass is 16.5. The fourth-order valence-electron chi connectivity index (χ4n) is 1.61. The Morgan fingerprint density at radius 2 is 2.18 bits per heavy atom. The Labute approximate surface area is 98.4 Å². The zero-order chi connectivity index (χ0) is 12.6. The van der Waals surface area contributed by atoms with Crippen LogP contribution in [-0.2, 0) is 4.74 Å². The van der Waals surface area contributed by atoms with Crippen LogP contribution < -0.4 is 0 Å². The molecule has 1 heterocycles. The maximum absolute atomic E-state index is 11.4. The Kier molecular flexibility index (Phi) is 2.75. The van der Waals surface area contributed by atoms with E-state index in [4.69, 9.17) is 0 Å². The molecule has 17 heavy (non-hydrogen) atoms. The molecule has 90 valence electrons. The molecule has 0 aliphatic rings. The fourth-order valence-corrected chi connectivity index (χ4v) is 1.61. The Bertz CT molecular complexity index is 572. The van der Waals surface area contributed by atoms with Crippen LogP contribution in [0.25, 0.3) is 11.0 Å². The number of phenolic OH excluding ortho intramolecular Hbond substituents is 1. The number of carbonyl (C=O) groups excluding carboxylic acids is 1. The van der Waals surface area contributed by atoms with Crippen molar-refractivity contribution in [2.75, 3.05) is 7.11 Å². The molecule has 0 unspecified atom stereocenters. The lowest BCUT2D eigenvalue weighted by molar-refractivity contribution is 0.0597. The van der Waals surface area contributed by atoms with Gasteiger partial charge in [-0.3, -0.25) is 0 Å². The lowest BCUT2D eigenvalue weighted by Crippen LogP contribution is -2.01. The van der Waals surface area contributed by atoms with Crippen molar-refractivity contribution >= 4 is 17.0 Å². The van der Waals surface area contributed by atoms with Gasteiger partial charge in [0.1, 0.15) is 17.1 Å². The van der Waals surface area contributed by atoms with E-state index in [2.05, 4.69) is 14.7 Å². The Balaban J connectivity index is 2.59. The van der Waals surface area contributed by atoms with E-state index >= 15 is 0 Å². The maximum atomic E-state index is 11.4.